The van der Waals surface area contributed by atoms with Crippen molar-refractivity contribution < 1.29 is 9.59 Å². The van der Waals surface area contributed by atoms with Gasteiger partial charge in [-0.05, 0) is 38.6 Å². The van der Waals surface area contributed by atoms with Crippen LogP contribution in [0.4, 0.5) is 0 Å². The average molecular weight is 388 g/mol. The molecular formula is C21H33N5O2. The smallest absolute Gasteiger partial charge is 0.287 e. The molecule has 2 fully saturated rings. The Morgan fingerprint density at radius 2 is 1.75 bits per heavy atom. The summed E-state index contributed by atoms with van der Waals surface area (Å²) in [5.74, 6) is 0.332. The van der Waals surface area contributed by atoms with Crippen molar-refractivity contribution in [3.05, 3.63) is 17.2 Å². The number of hydrogen-bond donors (Lipinski definition) is 1. The first-order valence-electron chi connectivity index (χ1n) is 11.1. The first-order chi connectivity index (χ1) is 13.7. The van der Waals surface area contributed by atoms with E-state index >= 15 is 0 Å². The second-order valence-corrected chi connectivity index (χ2v) is 8.37. The molecule has 0 spiro atoms. The van der Waals surface area contributed by atoms with Gasteiger partial charge >= 0.3 is 0 Å². The van der Waals surface area contributed by atoms with Gasteiger partial charge in [0.1, 0.15) is 5.69 Å². The van der Waals surface area contributed by atoms with E-state index < -0.39 is 0 Å². The van der Waals surface area contributed by atoms with Crippen LogP contribution in [0.3, 0.4) is 0 Å². The third-order valence-corrected chi connectivity index (χ3v) is 6.57. The molecule has 0 aromatic carbocycles. The Bertz CT molecular complexity index is 715. The highest BCUT2D eigenvalue weighted by atomic mass is 16.2. The Labute approximate surface area is 167 Å². The SMILES string of the molecule is CCN1CCN(C(=O)c2nc(C(=O)NC3CCCCC3)n3c2CCCC3)CC1. The summed E-state index contributed by atoms with van der Waals surface area (Å²) in [5.41, 5.74) is 1.47. The third-order valence-electron chi connectivity index (χ3n) is 6.57. The van der Waals surface area contributed by atoms with Crippen LogP contribution in [0.25, 0.3) is 0 Å². The summed E-state index contributed by atoms with van der Waals surface area (Å²) >= 11 is 0. The van der Waals surface area contributed by atoms with Crippen LogP contribution < -0.4 is 5.32 Å². The van der Waals surface area contributed by atoms with Crippen LogP contribution in [0.15, 0.2) is 0 Å². The fourth-order valence-electron chi connectivity index (χ4n) is 4.80. The van der Waals surface area contributed by atoms with Crippen LogP contribution >= 0.6 is 0 Å². The van der Waals surface area contributed by atoms with E-state index in [9.17, 15) is 9.59 Å². The first kappa shape index (κ1) is 19.4. The largest absolute Gasteiger partial charge is 0.347 e. The number of rotatable bonds is 4. The van der Waals surface area contributed by atoms with E-state index in [4.69, 9.17) is 0 Å². The second-order valence-electron chi connectivity index (χ2n) is 8.37. The van der Waals surface area contributed by atoms with Crippen LogP contribution in [0.2, 0.25) is 0 Å². The van der Waals surface area contributed by atoms with Gasteiger partial charge in [-0.1, -0.05) is 26.2 Å². The number of nitrogens with zero attached hydrogens (tertiary/aromatic N) is 4. The average Bonchev–Trinajstić information content (AvgIpc) is 3.14. The standard InChI is InChI=1S/C21H33N5O2/c1-2-24-12-14-25(15-13-24)21(28)18-17-10-6-7-11-26(17)19(23-18)20(27)22-16-8-4-3-5-9-16/h16H,2-15H2,1H3,(H,22,27). The fraction of sp³-hybridized carbons (Fsp3) is 0.762. The molecule has 154 valence electrons. The Morgan fingerprint density at radius 1 is 1.00 bits per heavy atom. The van der Waals surface area contributed by atoms with E-state index in [1.54, 1.807) is 0 Å². The monoisotopic (exact) mass is 387 g/mol. The fourth-order valence-corrected chi connectivity index (χ4v) is 4.80. The van der Waals surface area contributed by atoms with E-state index in [-0.39, 0.29) is 17.9 Å². The van der Waals surface area contributed by atoms with Gasteiger partial charge in [-0.15, -0.1) is 0 Å². The molecule has 7 nitrogen and oxygen atoms in total. The Hall–Kier alpha value is -1.89. The normalized spacial score (nSPS) is 21.4. The summed E-state index contributed by atoms with van der Waals surface area (Å²) in [6.45, 7) is 7.26. The molecule has 1 aromatic rings. The molecule has 2 amide bonds. The molecule has 0 unspecified atom stereocenters. The molecule has 28 heavy (non-hydrogen) atoms. The van der Waals surface area contributed by atoms with Crippen LogP contribution in [0, 0.1) is 0 Å². The summed E-state index contributed by atoms with van der Waals surface area (Å²) in [6, 6.07) is 0.249. The molecule has 1 aromatic heterocycles. The number of carbonyl (C=O) groups is 2. The molecule has 1 saturated carbocycles. The summed E-state index contributed by atoms with van der Waals surface area (Å²) in [7, 11) is 0. The van der Waals surface area contributed by atoms with Crippen molar-refractivity contribution in [3.63, 3.8) is 0 Å². The number of piperazine rings is 1. The minimum Gasteiger partial charge on any atom is -0.347 e. The predicted octanol–water partition coefficient (Wildman–Crippen LogP) is 2.06. The van der Waals surface area contributed by atoms with Crippen LogP contribution in [-0.2, 0) is 13.0 Å². The first-order valence-corrected chi connectivity index (χ1v) is 11.1. The van der Waals surface area contributed by atoms with Gasteiger partial charge in [0.05, 0.1) is 5.69 Å². The molecule has 2 aliphatic heterocycles. The highest BCUT2D eigenvalue weighted by Crippen LogP contribution is 2.24. The lowest BCUT2D eigenvalue weighted by Gasteiger charge is -2.33. The lowest BCUT2D eigenvalue weighted by molar-refractivity contribution is 0.0636. The molecular weight excluding hydrogens is 354 g/mol. The summed E-state index contributed by atoms with van der Waals surface area (Å²) in [4.78, 5) is 35.0. The molecule has 0 bridgehead atoms. The van der Waals surface area contributed by atoms with E-state index in [1.165, 1.54) is 19.3 Å². The number of carbonyl (C=O) groups excluding carboxylic acids is 2. The third kappa shape index (κ3) is 3.95. The second kappa shape index (κ2) is 8.64. The van der Waals surface area contributed by atoms with E-state index in [0.717, 1.165) is 77.1 Å². The number of fused-ring (bicyclic) bond motifs is 1. The molecule has 4 rings (SSSR count). The van der Waals surface area contributed by atoms with Crippen LogP contribution in [0.5, 0.6) is 0 Å². The van der Waals surface area contributed by atoms with Gasteiger partial charge in [0.15, 0.2) is 5.82 Å². The predicted molar refractivity (Wildman–Crippen MR) is 108 cm³/mol. The molecule has 0 radical (unpaired) electrons. The van der Waals surface area contributed by atoms with Gasteiger partial charge in [0, 0.05) is 38.8 Å². The summed E-state index contributed by atoms with van der Waals surface area (Å²) in [5, 5.41) is 3.18. The van der Waals surface area contributed by atoms with Crippen molar-refractivity contribution in [2.45, 2.75) is 70.9 Å². The van der Waals surface area contributed by atoms with Crippen LogP contribution in [0.1, 0.15) is 78.7 Å². The topological polar surface area (TPSA) is 70.5 Å². The minimum atomic E-state index is -0.107. The van der Waals surface area contributed by atoms with Gasteiger partial charge in [0.25, 0.3) is 11.8 Å². The highest BCUT2D eigenvalue weighted by molar-refractivity contribution is 5.97. The molecule has 3 aliphatic rings. The maximum absolute atomic E-state index is 13.2. The lowest BCUT2D eigenvalue weighted by atomic mass is 9.95. The van der Waals surface area contributed by atoms with Gasteiger partial charge in [-0.2, -0.15) is 0 Å². The lowest BCUT2D eigenvalue weighted by Crippen LogP contribution is -2.48. The number of amides is 2. The van der Waals surface area contributed by atoms with Crippen molar-refractivity contribution in [1.29, 1.82) is 0 Å². The van der Waals surface area contributed by atoms with Gasteiger partial charge in [-0.25, -0.2) is 4.98 Å². The zero-order chi connectivity index (χ0) is 19.5. The number of hydrogen-bond acceptors (Lipinski definition) is 4. The summed E-state index contributed by atoms with van der Waals surface area (Å²) < 4.78 is 2.01. The summed E-state index contributed by atoms with van der Waals surface area (Å²) in [6.07, 6.45) is 8.64. The number of nitrogens with one attached hydrogen (secondary N) is 1. The number of likely N-dealkylation sites (N-methyl/N-ethyl adjacent to an activating group) is 1. The molecule has 1 aliphatic carbocycles. The maximum Gasteiger partial charge on any atom is 0.287 e. The van der Waals surface area contributed by atoms with Gasteiger partial charge < -0.3 is 19.7 Å². The van der Waals surface area contributed by atoms with Crippen molar-refractivity contribution in [2.75, 3.05) is 32.7 Å². The van der Waals surface area contributed by atoms with E-state index in [1.807, 2.05) is 9.47 Å². The number of imidazole rings is 1. The van der Waals surface area contributed by atoms with Gasteiger partial charge in [0.2, 0.25) is 0 Å². The minimum absolute atomic E-state index is 0.00174. The highest BCUT2D eigenvalue weighted by Gasteiger charge is 2.31. The van der Waals surface area contributed by atoms with Crippen molar-refractivity contribution >= 4 is 11.8 Å². The zero-order valence-electron chi connectivity index (χ0n) is 17.1. The number of aromatic nitrogens is 2. The van der Waals surface area contributed by atoms with Crippen molar-refractivity contribution in [1.82, 2.24) is 24.7 Å². The quantitative estimate of drug-likeness (QED) is 0.859. The maximum atomic E-state index is 13.2. The Balaban J connectivity index is 1.53. The molecule has 0 atom stereocenters. The van der Waals surface area contributed by atoms with Crippen molar-refractivity contribution in [2.24, 2.45) is 0 Å². The van der Waals surface area contributed by atoms with Gasteiger partial charge in [-0.3, -0.25) is 9.59 Å². The Kier molecular flexibility index (Phi) is 5.99. The van der Waals surface area contributed by atoms with Crippen molar-refractivity contribution in [3.8, 4) is 0 Å². The molecule has 1 N–H and O–H groups in total. The molecule has 3 heterocycles. The molecule has 7 heteroatoms. The van der Waals surface area contributed by atoms with E-state index in [0.29, 0.717) is 11.5 Å². The van der Waals surface area contributed by atoms with E-state index in [2.05, 4.69) is 22.1 Å². The zero-order valence-corrected chi connectivity index (χ0v) is 17.1. The van der Waals surface area contributed by atoms with Crippen LogP contribution in [-0.4, -0.2) is 69.9 Å². The Morgan fingerprint density at radius 3 is 2.46 bits per heavy atom. The molecule has 1 saturated heterocycles.